The molecule has 1 fully saturated rings. The van der Waals surface area contributed by atoms with E-state index >= 15 is 0 Å². The van der Waals surface area contributed by atoms with Crippen molar-refractivity contribution in [3.63, 3.8) is 0 Å². The third-order valence-corrected chi connectivity index (χ3v) is 6.14. The van der Waals surface area contributed by atoms with Gasteiger partial charge >= 0.3 is 5.97 Å². The van der Waals surface area contributed by atoms with Crippen molar-refractivity contribution >= 4 is 11.9 Å². The summed E-state index contributed by atoms with van der Waals surface area (Å²) in [6, 6.07) is 11.4. The highest BCUT2D eigenvalue weighted by Crippen LogP contribution is 2.36. The van der Waals surface area contributed by atoms with E-state index in [2.05, 4.69) is 0 Å². The number of aromatic nitrogens is 1. The highest BCUT2D eigenvalue weighted by Gasteiger charge is 2.36. The van der Waals surface area contributed by atoms with E-state index in [1.54, 1.807) is 7.11 Å². The van der Waals surface area contributed by atoms with Crippen LogP contribution in [0.5, 0.6) is 5.75 Å². The minimum absolute atomic E-state index is 0.00796. The highest BCUT2D eigenvalue weighted by atomic mass is 16.5. The first kappa shape index (κ1) is 20.2. The number of benzene rings is 1. The van der Waals surface area contributed by atoms with E-state index < -0.39 is 5.97 Å². The van der Waals surface area contributed by atoms with Crippen LogP contribution in [0.15, 0.2) is 41.2 Å². The lowest BCUT2D eigenvalue weighted by atomic mass is 9.82. The number of piperidine rings is 1. The number of amides is 1. The molecule has 0 radical (unpaired) electrons. The van der Waals surface area contributed by atoms with Crippen molar-refractivity contribution in [2.45, 2.75) is 38.1 Å². The molecule has 1 amide bonds. The van der Waals surface area contributed by atoms with Gasteiger partial charge in [0.05, 0.1) is 7.11 Å². The van der Waals surface area contributed by atoms with Gasteiger partial charge in [0.15, 0.2) is 0 Å². The van der Waals surface area contributed by atoms with Gasteiger partial charge in [-0.1, -0.05) is 12.1 Å². The lowest BCUT2D eigenvalue weighted by Gasteiger charge is -2.43. The minimum Gasteiger partial charge on any atom is -0.497 e. The maximum Gasteiger partial charge on any atom is 0.303 e. The number of carboxylic acid groups (broad SMARTS) is 1. The molecule has 1 aromatic heterocycles. The number of methoxy groups -OCH3 is 1. The fourth-order valence-electron chi connectivity index (χ4n) is 4.69. The van der Waals surface area contributed by atoms with Gasteiger partial charge in [0.2, 0.25) is 5.91 Å². The molecule has 7 heteroatoms. The monoisotopic (exact) mass is 410 g/mol. The number of hydrogen-bond acceptors (Lipinski definition) is 4. The SMILES string of the molecule is COc1ccc(-c2ccc3n(c2=O)C[C@H]2C[C@@H]3CN(C(=O)CCCC(=O)O)C2)cc1. The smallest absolute Gasteiger partial charge is 0.303 e. The number of nitrogens with zero attached hydrogens (tertiary/aromatic N) is 2. The second kappa shape index (κ2) is 8.34. The van der Waals surface area contributed by atoms with Gasteiger partial charge in [0, 0.05) is 49.7 Å². The Morgan fingerprint density at radius 1 is 1.07 bits per heavy atom. The summed E-state index contributed by atoms with van der Waals surface area (Å²) in [5.74, 6) is 0.261. The molecular formula is C23H26N2O5. The van der Waals surface area contributed by atoms with Crippen molar-refractivity contribution in [2.75, 3.05) is 20.2 Å². The zero-order valence-corrected chi connectivity index (χ0v) is 17.0. The van der Waals surface area contributed by atoms with Crippen LogP contribution in [-0.2, 0) is 16.1 Å². The topological polar surface area (TPSA) is 88.8 Å². The Balaban J connectivity index is 1.54. The molecule has 1 saturated heterocycles. The van der Waals surface area contributed by atoms with Gasteiger partial charge in [-0.05, 0) is 48.6 Å². The zero-order chi connectivity index (χ0) is 21.3. The van der Waals surface area contributed by atoms with Crippen LogP contribution in [0, 0.1) is 5.92 Å². The van der Waals surface area contributed by atoms with E-state index in [0.717, 1.165) is 23.4 Å². The summed E-state index contributed by atoms with van der Waals surface area (Å²) in [5.41, 5.74) is 2.52. The van der Waals surface area contributed by atoms with Crippen LogP contribution >= 0.6 is 0 Å². The fraction of sp³-hybridized carbons (Fsp3) is 0.435. The molecule has 2 aliphatic rings. The van der Waals surface area contributed by atoms with Gasteiger partial charge in [0.1, 0.15) is 5.75 Å². The molecule has 7 nitrogen and oxygen atoms in total. The molecule has 2 aromatic rings. The summed E-state index contributed by atoms with van der Waals surface area (Å²) in [6.45, 7) is 1.82. The van der Waals surface area contributed by atoms with E-state index in [0.29, 0.717) is 31.6 Å². The van der Waals surface area contributed by atoms with Crippen LogP contribution in [0.3, 0.4) is 0 Å². The molecule has 4 rings (SSSR count). The van der Waals surface area contributed by atoms with Crippen LogP contribution < -0.4 is 10.3 Å². The molecule has 2 atom stereocenters. The largest absolute Gasteiger partial charge is 0.497 e. The standard InChI is InChI=1S/C23H26N2O5/c1-30-18-7-5-16(6-8-18)19-9-10-20-17-11-15(13-25(20)23(19)29)12-24(14-17)21(26)3-2-4-22(27)28/h5-10,15,17H,2-4,11-14H2,1H3,(H,27,28)/t15-,17+/m0/s1. The number of hydrogen-bond donors (Lipinski definition) is 1. The summed E-state index contributed by atoms with van der Waals surface area (Å²) in [4.78, 5) is 38.3. The fourth-order valence-corrected chi connectivity index (χ4v) is 4.69. The number of carbonyl (C=O) groups is 2. The molecule has 2 bridgehead atoms. The Morgan fingerprint density at radius 2 is 1.83 bits per heavy atom. The summed E-state index contributed by atoms with van der Waals surface area (Å²) >= 11 is 0. The molecule has 3 heterocycles. The molecule has 30 heavy (non-hydrogen) atoms. The molecule has 0 spiro atoms. The molecule has 0 unspecified atom stereocenters. The van der Waals surface area contributed by atoms with Gasteiger partial charge < -0.3 is 19.3 Å². The van der Waals surface area contributed by atoms with Crippen LogP contribution in [0.1, 0.15) is 37.3 Å². The summed E-state index contributed by atoms with van der Waals surface area (Å²) < 4.78 is 7.08. The molecule has 1 N–H and O–H groups in total. The minimum atomic E-state index is -0.876. The van der Waals surface area contributed by atoms with Crippen molar-refractivity contribution in [1.29, 1.82) is 0 Å². The predicted octanol–water partition coefficient (Wildman–Crippen LogP) is 2.72. The van der Waals surface area contributed by atoms with Gasteiger partial charge in [0.25, 0.3) is 5.56 Å². The molecule has 0 saturated carbocycles. The first-order valence-corrected chi connectivity index (χ1v) is 10.3. The Labute approximate surface area is 174 Å². The Morgan fingerprint density at radius 3 is 2.53 bits per heavy atom. The van der Waals surface area contributed by atoms with Gasteiger partial charge in [-0.25, -0.2) is 0 Å². The molecule has 0 aliphatic carbocycles. The maximum absolute atomic E-state index is 13.2. The van der Waals surface area contributed by atoms with Crippen LogP contribution in [0.2, 0.25) is 0 Å². The molecular weight excluding hydrogens is 384 g/mol. The average Bonchev–Trinajstić information content (AvgIpc) is 2.74. The van der Waals surface area contributed by atoms with E-state index in [1.807, 2.05) is 45.9 Å². The predicted molar refractivity (Wildman–Crippen MR) is 112 cm³/mol. The molecule has 2 aliphatic heterocycles. The Kier molecular flexibility index (Phi) is 5.61. The Bertz CT molecular complexity index is 1010. The summed E-state index contributed by atoms with van der Waals surface area (Å²) in [6.07, 6.45) is 1.61. The number of fused-ring (bicyclic) bond motifs is 4. The van der Waals surface area contributed by atoms with Crippen molar-refractivity contribution in [3.8, 4) is 16.9 Å². The zero-order valence-electron chi connectivity index (χ0n) is 17.0. The van der Waals surface area contributed by atoms with Crippen molar-refractivity contribution in [3.05, 3.63) is 52.4 Å². The van der Waals surface area contributed by atoms with Gasteiger partial charge in [-0.15, -0.1) is 0 Å². The lowest BCUT2D eigenvalue weighted by Crippen LogP contribution is -2.49. The van der Waals surface area contributed by atoms with Crippen molar-refractivity contribution in [2.24, 2.45) is 5.92 Å². The summed E-state index contributed by atoms with van der Waals surface area (Å²) in [5, 5.41) is 8.77. The van der Waals surface area contributed by atoms with Crippen molar-refractivity contribution in [1.82, 2.24) is 9.47 Å². The molecule has 158 valence electrons. The third-order valence-electron chi connectivity index (χ3n) is 6.14. The van der Waals surface area contributed by atoms with Gasteiger partial charge in [-0.2, -0.15) is 0 Å². The van der Waals surface area contributed by atoms with Crippen LogP contribution in [0.4, 0.5) is 0 Å². The number of pyridine rings is 1. The first-order valence-electron chi connectivity index (χ1n) is 10.3. The van der Waals surface area contributed by atoms with E-state index in [4.69, 9.17) is 9.84 Å². The van der Waals surface area contributed by atoms with Crippen molar-refractivity contribution < 1.29 is 19.4 Å². The lowest BCUT2D eigenvalue weighted by molar-refractivity contribution is -0.137. The van der Waals surface area contributed by atoms with E-state index in [-0.39, 0.29) is 36.1 Å². The Hall–Kier alpha value is -3.09. The van der Waals surface area contributed by atoms with E-state index in [9.17, 15) is 14.4 Å². The quantitative estimate of drug-likeness (QED) is 0.791. The average molecular weight is 410 g/mol. The third kappa shape index (κ3) is 3.97. The second-order valence-electron chi connectivity index (χ2n) is 8.16. The van der Waals surface area contributed by atoms with Crippen LogP contribution in [0.25, 0.3) is 11.1 Å². The number of ether oxygens (including phenoxy) is 1. The number of rotatable bonds is 6. The summed E-state index contributed by atoms with van der Waals surface area (Å²) in [7, 11) is 1.61. The maximum atomic E-state index is 13.2. The van der Waals surface area contributed by atoms with Crippen LogP contribution in [-0.4, -0.2) is 46.6 Å². The van der Waals surface area contributed by atoms with Gasteiger partial charge in [-0.3, -0.25) is 14.4 Å². The highest BCUT2D eigenvalue weighted by molar-refractivity contribution is 5.77. The second-order valence-corrected chi connectivity index (χ2v) is 8.16. The number of aliphatic carboxylic acids is 1. The van der Waals surface area contributed by atoms with E-state index in [1.165, 1.54) is 0 Å². The number of carbonyl (C=O) groups excluding carboxylic acids is 1. The first-order chi connectivity index (χ1) is 14.5. The number of likely N-dealkylation sites (tertiary alicyclic amines) is 1. The number of carboxylic acids is 1. The molecule has 1 aromatic carbocycles. The normalized spacial score (nSPS) is 19.8.